The Morgan fingerprint density at radius 2 is 0.791 bits per heavy atom. The Labute approximate surface area is 264 Å². The Hall–Kier alpha value is -1.89. The van der Waals surface area contributed by atoms with Gasteiger partial charge in [0.25, 0.3) is 0 Å². The highest BCUT2D eigenvalue weighted by atomic mass is 16.4. The second-order valence-corrected chi connectivity index (χ2v) is 13.3. The monoisotopic (exact) mass is 611 g/mol. The van der Waals surface area contributed by atoms with E-state index >= 15 is 0 Å². The van der Waals surface area contributed by atoms with Crippen molar-refractivity contribution in [1.29, 1.82) is 0 Å². The Kier molecular flexibility index (Phi) is 25.3. The van der Waals surface area contributed by atoms with Crippen LogP contribution in [-0.4, -0.2) is 63.9 Å². The van der Waals surface area contributed by atoms with Gasteiger partial charge in [0.1, 0.15) is 0 Å². The van der Waals surface area contributed by atoms with Gasteiger partial charge in [0.15, 0.2) is 0 Å². The maximum atomic E-state index is 11.5. The van der Waals surface area contributed by atoms with Crippen molar-refractivity contribution < 1.29 is 34.2 Å². The standard InChI is InChI=1S/C36H67NO6/c1-5-6-7-8-9-10-11-12-13-14-15-16-17-18-19-20-21-22-23-27-37(28-24-31(2)34(38)39,29-25-32(3)35(40)41)30-26-33(4)36(42)43/h18-19,31-33H,5-17,20-30H2,1-4H3,(H2-,38,39,40,41,42,43)/p+1/b19-18+. The molecule has 7 heteroatoms. The van der Waals surface area contributed by atoms with Crippen molar-refractivity contribution in [3.8, 4) is 0 Å². The zero-order valence-corrected chi connectivity index (χ0v) is 28.4. The van der Waals surface area contributed by atoms with Crippen molar-refractivity contribution in [2.45, 2.75) is 156 Å². The van der Waals surface area contributed by atoms with Crippen LogP contribution in [0.15, 0.2) is 12.2 Å². The van der Waals surface area contributed by atoms with Crippen molar-refractivity contribution in [2.75, 3.05) is 26.2 Å². The maximum Gasteiger partial charge on any atom is 0.306 e. The van der Waals surface area contributed by atoms with Crippen LogP contribution in [0.2, 0.25) is 0 Å². The van der Waals surface area contributed by atoms with Crippen molar-refractivity contribution in [3.63, 3.8) is 0 Å². The van der Waals surface area contributed by atoms with Crippen LogP contribution in [0.3, 0.4) is 0 Å². The van der Waals surface area contributed by atoms with E-state index in [-0.39, 0.29) is 0 Å². The fraction of sp³-hybridized carbons (Fsp3) is 0.861. The molecular formula is C36H68NO6+. The molecule has 0 heterocycles. The molecule has 0 aromatic heterocycles. The van der Waals surface area contributed by atoms with Crippen LogP contribution < -0.4 is 0 Å². The second kappa shape index (κ2) is 26.5. The summed E-state index contributed by atoms with van der Waals surface area (Å²) in [5.74, 6) is -3.94. The third-order valence-electron chi connectivity index (χ3n) is 9.27. The van der Waals surface area contributed by atoms with E-state index in [4.69, 9.17) is 0 Å². The molecule has 0 aromatic carbocycles. The van der Waals surface area contributed by atoms with Crippen molar-refractivity contribution >= 4 is 17.9 Å². The van der Waals surface area contributed by atoms with Gasteiger partial charge in [0.05, 0.1) is 43.9 Å². The highest BCUT2D eigenvalue weighted by molar-refractivity contribution is 5.70. The lowest BCUT2D eigenvalue weighted by atomic mass is 10.0. The van der Waals surface area contributed by atoms with Gasteiger partial charge in [-0.25, -0.2) is 0 Å². The lowest BCUT2D eigenvalue weighted by Crippen LogP contribution is -2.52. The average Bonchev–Trinajstić information content (AvgIpc) is 2.97. The summed E-state index contributed by atoms with van der Waals surface area (Å²) in [5.41, 5.74) is 0. The summed E-state index contributed by atoms with van der Waals surface area (Å²) in [6.07, 6.45) is 27.9. The van der Waals surface area contributed by atoms with Gasteiger partial charge in [-0.15, -0.1) is 0 Å². The van der Waals surface area contributed by atoms with Crippen LogP contribution >= 0.6 is 0 Å². The van der Waals surface area contributed by atoms with Crippen molar-refractivity contribution in [3.05, 3.63) is 12.2 Å². The van der Waals surface area contributed by atoms with E-state index in [0.717, 1.165) is 38.6 Å². The molecule has 0 saturated heterocycles. The van der Waals surface area contributed by atoms with Crippen LogP contribution in [0.5, 0.6) is 0 Å². The zero-order chi connectivity index (χ0) is 32.3. The van der Waals surface area contributed by atoms with Crippen LogP contribution in [0.4, 0.5) is 0 Å². The molecule has 0 amide bonds. The molecule has 0 radical (unpaired) electrons. The molecule has 0 saturated carbocycles. The van der Waals surface area contributed by atoms with E-state index in [1.165, 1.54) is 77.0 Å². The third kappa shape index (κ3) is 23.2. The first kappa shape index (κ1) is 41.1. The second-order valence-electron chi connectivity index (χ2n) is 13.3. The summed E-state index contributed by atoms with van der Waals surface area (Å²) >= 11 is 0. The molecule has 0 bridgehead atoms. The van der Waals surface area contributed by atoms with Crippen LogP contribution in [0, 0.1) is 17.8 Å². The lowest BCUT2D eigenvalue weighted by Gasteiger charge is -2.40. The predicted octanol–water partition coefficient (Wildman–Crippen LogP) is 9.34. The van der Waals surface area contributed by atoms with E-state index < -0.39 is 35.7 Å². The number of unbranched alkanes of at least 4 members (excludes halogenated alkanes) is 15. The Balaban J connectivity index is 4.50. The van der Waals surface area contributed by atoms with E-state index in [2.05, 4.69) is 19.1 Å². The maximum absolute atomic E-state index is 11.5. The van der Waals surface area contributed by atoms with Gasteiger partial charge in [-0.1, -0.05) is 110 Å². The summed E-state index contributed by atoms with van der Waals surface area (Å²) in [4.78, 5) is 34.5. The molecule has 0 rings (SSSR count). The summed E-state index contributed by atoms with van der Waals surface area (Å²) < 4.78 is 0.599. The van der Waals surface area contributed by atoms with Crippen LogP contribution in [0.1, 0.15) is 156 Å². The highest BCUT2D eigenvalue weighted by Crippen LogP contribution is 2.22. The first-order valence-corrected chi connectivity index (χ1v) is 17.7. The van der Waals surface area contributed by atoms with Crippen molar-refractivity contribution in [1.82, 2.24) is 0 Å². The van der Waals surface area contributed by atoms with Crippen molar-refractivity contribution in [2.24, 2.45) is 17.8 Å². The number of carboxylic acids is 3. The molecule has 0 aliphatic carbocycles. The summed E-state index contributed by atoms with van der Waals surface area (Å²) in [6.45, 7) is 10.1. The summed E-state index contributed by atoms with van der Waals surface area (Å²) in [7, 11) is 0. The van der Waals surface area contributed by atoms with Gasteiger partial charge in [-0.2, -0.15) is 0 Å². The summed E-state index contributed by atoms with van der Waals surface area (Å²) in [5, 5.41) is 28.3. The first-order valence-electron chi connectivity index (χ1n) is 17.7. The average molecular weight is 611 g/mol. The van der Waals surface area contributed by atoms with Gasteiger partial charge >= 0.3 is 17.9 Å². The minimum Gasteiger partial charge on any atom is -0.481 e. The fourth-order valence-corrected chi connectivity index (χ4v) is 5.67. The normalized spacial score (nSPS) is 15.3. The smallest absolute Gasteiger partial charge is 0.306 e. The summed E-state index contributed by atoms with van der Waals surface area (Å²) in [6, 6.07) is 0. The molecule has 3 N–H and O–H groups in total. The Bertz CT molecular complexity index is 692. The predicted molar refractivity (Wildman–Crippen MR) is 177 cm³/mol. The Morgan fingerprint density at radius 3 is 1.12 bits per heavy atom. The molecular weight excluding hydrogens is 542 g/mol. The van der Waals surface area contributed by atoms with Crippen LogP contribution in [0.25, 0.3) is 0 Å². The van der Waals surface area contributed by atoms with Gasteiger partial charge < -0.3 is 19.8 Å². The van der Waals surface area contributed by atoms with E-state index in [1.807, 2.05) is 0 Å². The van der Waals surface area contributed by atoms with Gasteiger partial charge in [-0.05, 0) is 38.5 Å². The number of allylic oxidation sites excluding steroid dienone is 2. The lowest BCUT2D eigenvalue weighted by molar-refractivity contribution is -0.929. The first-order chi connectivity index (χ1) is 20.5. The van der Waals surface area contributed by atoms with Gasteiger partial charge in [0, 0.05) is 19.3 Å². The van der Waals surface area contributed by atoms with Gasteiger partial charge in [0.2, 0.25) is 0 Å². The number of nitrogens with zero attached hydrogens (tertiary/aromatic N) is 1. The number of hydrogen-bond donors (Lipinski definition) is 3. The largest absolute Gasteiger partial charge is 0.481 e. The number of quaternary nitrogens is 1. The quantitative estimate of drug-likeness (QED) is 0.0410. The SMILES string of the molecule is CCCCCCCCCCCCCC/C=C/CCCCC[N+](CCC(C)C(=O)O)(CCC(C)C(=O)O)CCC(C)C(=O)O. The number of aliphatic carboxylic acids is 3. The molecule has 3 atom stereocenters. The molecule has 3 unspecified atom stereocenters. The molecule has 7 nitrogen and oxygen atoms in total. The zero-order valence-electron chi connectivity index (χ0n) is 28.4. The minimum atomic E-state index is -0.828. The topological polar surface area (TPSA) is 112 Å². The van der Waals surface area contributed by atoms with Gasteiger partial charge in [-0.3, -0.25) is 14.4 Å². The Morgan fingerprint density at radius 1 is 0.488 bits per heavy atom. The molecule has 0 aliphatic heterocycles. The molecule has 0 aromatic rings. The van der Waals surface area contributed by atoms with Crippen LogP contribution in [-0.2, 0) is 14.4 Å². The number of carbonyl (C=O) groups is 3. The number of carboxylic acid groups (broad SMARTS) is 3. The molecule has 0 fully saturated rings. The molecule has 0 spiro atoms. The molecule has 252 valence electrons. The van der Waals surface area contributed by atoms with E-state index in [9.17, 15) is 29.7 Å². The van der Waals surface area contributed by atoms with E-state index in [1.54, 1.807) is 20.8 Å². The third-order valence-corrected chi connectivity index (χ3v) is 9.27. The highest BCUT2D eigenvalue weighted by Gasteiger charge is 2.31. The molecule has 43 heavy (non-hydrogen) atoms. The molecule has 0 aliphatic rings. The minimum absolute atomic E-state index is 0.485. The fourth-order valence-electron chi connectivity index (χ4n) is 5.67. The van der Waals surface area contributed by atoms with E-state index in [0.29, 0.717) is 43.4 Å². The number of hydrogen-bond acceptors (Lipinski definition) is 3. The number of rotatable bonds is 31.